The number of aryl methyl sites for hydroxylation is 1. The summed E-state index contributed by atoms with van der Waals surface area (Å²) < 4.78 is 10.6. The number of para-hydroxylation sites is 1. The van der Waals surface area contributed by atoms with Gasteiger partial charge < -0.3 is 20.1 Å². The molecule has 0 spiro atoms. The van der Waals surface area contributed by atoms with Crippen LogP contribution in [0.4, 0.5) is 5.69 Å². The Labute approximate surface area is 153 Å². The van der Waals surface area contributed by atoms with Gasteiger partial charge in [-0.3, -0.25) is 9.59 Å². The summed E-state index contributed by atoms with van der Waals surface area (Å²) in [5.41, 5.74) is 2.19. The molecule has 0 radical (unpaired) electrons. The fraction of sp³-hybridized carbons (Fsp3) is 0.300. The van der Waals surface area contributed by atoms with Crippen LogP contribution in [0.3, 0.4) is 0 Å². The van der Waals surface area contributed by atoms with Crippen molar-refractivity contribution in [1.29, 1.82) is 0 Å². The van der Waals surface area contributed by atoms with Crippen molar-refractivity contribution in [3.05, 3.63) is 53.1 Å². The summed E-state index contributed by atoms with van der Waals surface area (Å²) in [4.78, 5) is 25.0. The maximum Gasteiger partial charge on any atom is 0.256 e. The number of nitrogens with one attached hydrogen (secondary N) is 2. The molecular formula is C20H24N2O4. The Morgan fingerprint density at radius 1 is 0.923 bits per heavy atom. The summed E-state index contributed by atoms with van der Waals surface area (Å²) in [6.45, 7) is 4.31. The van der Waals surface area contributed by atoms with Gasteiger partial charge in [0.25, 0.3) is 11.8 Å². The first-order valence-corrected chi connectivity index (χ1v) is 8.49. The van der Waals surface area contributed by atoms with Gasteiger partial charge in [0.1, 0.15) is 0 Å². The molecule has 2 aromatic rings. The van der Waals surface area contributed by atoms with E-state index in [1.165, 1.54) is 7.11 Å². The van der Waals surface area contributed by atoms with Crippen LogP contribution in [0.5, 0.6) is 11.5 Å². The molecule has 0 bridgehead atoms. The third-order valence-corrected chi connectivity index (χ3v) is 3.99. The first-order valence-electron chi connectivity index (χ1n) is 8.49. The highest BCUT2D eigenvalue weighted by atomic mass is 16.5. The fourth-order valence-electron chi connectivity index (χ4n) is 2.66. The lowest BCUT2D eigenvalue weighted by Gasteiger charge is -2.15. The average Bonchev–Trinajstić information content (AvgIpc) is 2.67. The van der Waals surface area contributed by atoms with Gasteiger partial charge in [-0.25, -0.2) is 0 Å². The van der Waals surface area contributed by atoms with Crippen LogP contribution in [-0.4, -0.2) is 32.6 Å². The molecule has 2 N–H and O–H groups in total. The van der Waals surface area contributed by atoms with Crippen molar-refractivity contribution in [2.24, 2.45) is 0 Å². The summed E-state index contributed by atoms with van der Waals surface area (Å²) in [5, 5.41) is 5.58. The van der Waals surface area contributed by atoms with Gasteiger partial charge in [0.05, 0.1) is 25.5 Å². The Bertz CT molecular complexity index is 802. The van der Waals surface area contributed by atoms with Gasteiger partial charge in [-0.05, 0) is 43.2 Å². The molecule has 0 aliphatic heterocycles. The SMILES string of the molecule is CCNC(=O)c1ccccc1NC(=O)c1cc(OC)c(OC)cc1CC. The Morgan fingerprint density at radius 2 is 1.58 bits per heavy atom. The van der Waals surface area contributed by atoms with Crippen LogP contribution in [-0.2, 0) is 6.42 Å². The maximum absolute atomic E-state index is 12.9. The molecule has 6 heteroatoms. The standard InChI is InChI=1S/C20H24N2O4/c1-5-13-11-17(25-3)18(26-4)12-15(13)20(24)22-16-10-8-7-9-14(16)19(23)21-6-2/h7-12H,5-6H2,1-4H3,(H,21,23)(H,22,24). The minimum atomic E-state index is -0.306. The number of benzene rings is 2. The Kier molecular flexibility index (Phi) is 6.60. The van der Waals surface area contributed by atoms with E-state index in [-0.39, 0.29) is 11.8 Å². The first kappa shape index (κ1) is 19.3. The Balaban J connectivity index is 2.38. The lowest BCUT2D eigenvalue weighted by molar-refractivity contribution is 0.0956. The van der Waals surface area contributed by atoms with Gasteiger partial charge in [-0.15, -0.1) is 0 Å². The van der Waals surface area contributed by atoms with Crippen LogP contribution >= 0.6 is 0 Å². The van der Waals surface area contributed by atoms with E-state index < -0.39 is 0 Å². The zero-order valence-electron chi connectivity index (χ0n) is 15.5. The number of hydrogen-bond acceptors (Lipinski definition) is 4. The molecule has 0 aliphatic carbocycles. The number of hydrogen-bond donors (Lipinski definition) is 2. The summed E-state index contributed by atoms with van der Waals surface area (Å²) in [7, 11) is 3.08. The van der Waals surface area contributed by atoms with E-state index in [1.807, 2.05) is 13.8 Å². The van der Waals surface area contributed by atoms with E-state index in [0.717, 1.165) is 5.56 Å². The third kappa shape index (κ3) is 4.14. The molecule has 2 aromatic carbocycles. The Hall–Kier alpha value is -3.02. The van der Waals surface area contributed by atoms with Crippen LogP contribution in [0.15, 0.2) is 36.4 Å². The van der Waals surface area contributed by atoms with E-state index in [2.05, 4.69) is 10.6 Å². The van der Waals surface area contributed by atoms with Gasteiger partial charge in [0, 0.05) is 12.1 Å². The maximum atomic E-state index is 12.9. The number of carbonyl (C=O) groups is 2. The number of ether oxygens (including phenoxy) is 2. The molecular weight excluding hydrogens is 332 g/mol. The van der Waals surface area contributed by atoms with E-state index in [0.29, 0.717) is 41.3 Å². The van der Waals surface area contributed by atoms with Gasteiger partial charge in [0.15, 0.2) is 11.5 Å². The number of anilines is 1. The highest BCUT2D eigenvalue weighted by Gasteiger charge is 2.18. The minimum Gasteiger partial charge on any atom is -0.493 e. The van der Waals surface area contributed by atoms with Crippen molar-refractivity contribution in [1.82, 2.24) is 5.32 Å². The molecule has 0 saturated carbocycles. The largest absolute Gasteiger partial charge is 0.493 e. The van der Waals surface area contributed by atoms with Gasteiger partial charge in [-0.1, -0.05) is 19.1 Å². The first-order chi connectivity index (χ1) is 12.5. The molecule has 138 valence electrons. The molecule has 6 nitrogen and oxygen atoms in total. The van der Waals surface area contributed by atoms with Crippen LogP contribution in [0.25, 0.3) is 0 Å². The van der Waals surface area contributed by atoms with Gasteiger partial charge in [-0.2, -0.15) is 0 Å². The summed E-state index contributed by atoms with van der Waals surface area (Å²) in [6, 6.07) is 10.4. The fourth-order valence-corrected chi connectivity index (χ4v) is 2.66. The van der Waals surface area contributed by atoms with Crippen LogP contribution in [0.2, 0.25) is 0 Å². The zero-order chi connectivity index (χ0) is 19.1. The van der Waals surface area contributed by atoms with Crippen LogP contribution in [0, 0.1) is 0 Å². The lowest BCUT2D eigenvalue weighted by atomic mass is 10.0. The smallest absolute Gasteiger partial charge is 0.256 e. The lowest BCUT2D eigenvalue weighted by Crippen LogP contribution is -2.25. The number of amides is 2. The summed E-state index contributed by atoms with van der Waals surface area (Å²) in [6.07, 6.45) is 0.654. The molecule has 2 amide bonds. The van der Waals surface area contributed by atoms with E-state index in [1.54, 1.807) is 43.5 Å². The molecule has 2 rings (SSSR count). The molecule has 0 atom stereocenters. The van der Waals surface area contributed by atoms with Gasteiger partial charge >= 0.3 is 0 Å². The second kappa shape index (κ2) is 8.89. The van der Waals surface area contributed by atoms with Gasteiger partial charge in [0.2, 0.25) is 0 Å². The summed E-state index contributed by atoms with van der Waals surface area (Å²) >= 11 is 0. The number of rotatable bonds is 7. The van der Waals surface area contributed by atoms with E-state index >= 15 is 0 Å². The topological polar surface area (TPSA) is 76.7 Å². The number of methoxy groups -OCH3 is 2. The molecule has 0 fully saturated rings. The highest BCUT2D eigenvalue weighted by molar-refractivity contribution is 6.09. The third-order valence-electron chi connectivity index (χ3n) is 3.99. The molecule has 0 saturated heterocycles. The van der Waals surface area contributed by atoms with Crippen LogP contribution < -0.4 is 20.1 Å². The van der Waals surface area contributed by atoms with Crippen molar-refractivity contribution >= 4 is 17.5 Å². The summed E-state index contributed by atoms with van der Waals surface area (Å²) in [5.74, 6) is 0.515. The highest BCUT2D eigenvalue weighted by Crippen LogP contribution is 2.31. The van der Waals surface area contributed by atoms with Crippen molar-refractivity contribution in [2.45, 2.75) is 20.3 Å². The quantitative estimate of drug-likeness (QED) is 0.798. The van der Waals surface area contributed by atoms with Crippen molar-refractivity contribution in [3.8, 4) is 11.5 Å². The average molecular weight is 356 g/mol. The normalized spacial score (nSPS) is 10.2. The zero-order valence-corrected chi connectivity index (χ0v) is 15.5. The van der Waals surface area contributed by atoms with Crippen LogP contribution in [0.1, 0.15) is 40.1 Å². The van der Waals surface area contributed by atoms with E-state index in [9.17, 15) is 9.59 Å². The Morgan fingerprint density at radius 3 is 2.19 bits per heavy atom. The van der Waals surface area contributed by atoms with Crippen molar-refractivity contribution in [2.75, 3.05) is 26.1 Å². The molecule has 0 unspecified atom stereocenters. The monoisotopic (exact) mass is 356 g/mol. The van der Waals surface area contributed by atoms with E-state index in [4.69, 9.17) is 9.47 Å². The molecule has 0 aromatic heterocycles. The number of carbonyl (C=O) groups excluding carboxylic acids is 2. The second-order valence-electron chi connectivity index (χ2n) is 5.58. The minimum absolute atomic E-state index is 0.230. The second-order valence-corrected chi connectivity index (χ2v) is 5.58. The molecule has 26 heavy (non-hydrogen) atoms. The molecule has 0 aliphatic rings. The predicted octanol–water partition coefficient (Wildman–Crippen LogP) is 3.27. The predicted molar refractivity (Wildman–Crippen MR) is 101 cm³/mol. The molecule has 0 heterocycles. The van der Waals surface area contributed by atoms with Crippen molar-refractivity contribution < 1.29 is 19.1 Å². The van der Waals surface area contributed by atoms with Crippen molar-refractivity contribution in [3.63, 3.8) is 0 Å².